The molecule has 0 aliphatic heterocycles. The summed E-state index contributed by atoms with van der Waals surface area (Å²) in [5.74, 6) is 1.21. The highest BCUT2D eigenvalue weighted by Crippen LogP contribution is 2.21. The van der Waals surface area contributed by atoms with Crippen molar-refractivity contribution in [1.82, 2.24) is 20.3 Å². The number of para-hydroxylation sites is 1. The molecule has 1 amide bonds. The summed E-state index contributed by atoms with van der Waals surface area (Å²) in [7, 11) is 0. The fourth-order valence-electron chi connectivity index (χ4n) is 3.95. The number of anilines is 1. The quantitative estimate of drug-likeness (QED) is 0.607. The average molecular weight is 377 g/mol. The summed E-state index contributed by atoms with van der Waals surface area (Å²) in [5, 5.41) is 7.67. The van der Waals surface area contributed by atoms with E-state index in [0.717, 1.165) is 30.6 Å². The van der Waals surface area contributed by atoms with Crippen molar-refractivity contribution in [3.05, 3.63) is 53.6 Å². The summed E-state index contributed by atoms with van der Waals surface area (Å²) in [5.41, 5.74) is 2.74. The van der Waals surface area contributed by atoms with Gasteiger partial charge in [0.15, 0.2) is 0 Å². The Kier molecular flexibility index (Phi) is 5.55. The molecule has 1 aliphatic carbocycles. The number of fused-ring (bicyclic) bond motifs is 1. The summed E-state index contributed by atoms with van der Waals surface area (Å²) in [6.07, 6.45) is 8.92. The van der Waals surface area contributed by atoms with Crippen LogP contribution in [0.2, 0.25) is 0 Å². The Labute approximate surface area is 165 Å². The molecule has 3 aromatic rings. The molecule has 0 unspecified atom stereocenters. The van der Waals surface area contributed by atoms with Crippen molar-refractivity contribution >= 4 is 22.6 Å². The number of carbonyl (C=O) groups excluding carboxylic acids is 1. The monoisotopic (exact) mass is 377 g/mol. The van der Waals surface area contributed by atoms with Crippen molar-refractivity contribution in [3.63, 3.8) is 0 Å². The Morgan fingerprint density at radius 2 is 2.00 bits per heavy atom. The third-order valence-electron chi connectivity index (χ3n) is 5.38. The molecule has 0 saturated heterocycles. The molecule has 1 aromatic carbocycles. The molecule has 0 bridgehead atoms. The van der Waals surface area contributed by atoms with E-state index >= 15 is 0 Å². The molecule has 6 nitrogen and oxygen atoms in total. The molecule has 1 fully saturated rings. The van der Waals surface area contributed by atoms with Gasteiger partial charge in [0.25, 0.3) is 5.91 Å². The van der Waals surface area contributed by atoms with Gasteiger partial charge in [-0.3, -0.25) is 4.79 Å². The Morgan fingerprint density at radius 3 is 2.86 bits per heavy atom. The first-order valence-corrected chi connectivity index (χ1v) is 10.1. The minimum Gasteiger partial charge on any atom is -0.367 e. The first kappa shape index (κ1) is 18.5. The summed E-state index contributed by atoms with van der Waals surface area (Å²) in [4.78, 5) is 24.6. The molecule has 4 rings (SSSR count). The first-order valence-electron chi connectivity index (χ1n) is 10.1. The average Bonchev–Trinajstić information content (AvgIpc) is 3.11. The predicted octanol–water partition coefficient (Wildman–Crippen LogP) is 3.98. The van der Waals surface area contributed by atoms with Crippen LogP contribution in [0.3, 0.4) is 0 Å². The molecule has 0 radical (unpaired) electrons. The third kappa shape index (κ3) is 4.32. The van der Waals surface area contributed by atoms with Crippen LogP contribution in [0.15, 0.2) is 36.5 Å². The van der Waals surface area contributed by atoms with Crippen molar-refractivity contribution < 1.29 is 4.79 Å². The largest absolute Gasteiger partial charge is 0.367 e. The zero-order valence-electron chi connectivity index (χ0n) is 16.3. The molecule has 0 atom stereocenters. The van der Waals surface area contributed by atoms with Gasteiger partial charge in [0.2, 0.25) is 0 Å². The van der Waals surface area contributed by atoms with Crippen LogP contribution in [-0.4, -0.2) is 33.4 Å². The molecule has 1 aliphatic rings. The number of nitrogens with zero attached hydrogens (tertiary/aromatic N) is 2. The number of hydrogen-bond donors (Lipinski definition) is 3. The van der Waals surface area contributed by atoms with E-state index in [1.54, 1.807) is 6.07 Å². The fourth-order valence-corrected chi connectivity index (χ4v) is 3.95. The van der Waals surface area contributed by atoms with Gasteiger partial charge >= 0.3 is 0 Å². The van der Waals surface area contributed by atoms with Crippen molar-refractivity contribution in [2.24, 2.45) is 0 Å². The van der Waals surface area contributed by atoms with Crippen molar-refractivity contribution in [1.29, 1.82) is 0 Å². The van der Waals surface area contributed by atoms with Gasteiger partial charge in [-0.2, -0.15) is 0 Å². The molecule has 2 aromatic heterocycles. The summed E-state index contributed by atoms with van der Waals surface area (Å²) >= 11 is 0. The maximum Gasteiger partial charge on any atom is 0.270 e. The number of aryl methyl sites for hydroxylation is 1. The Bertz CT molecular complexity index is 958. The lowest BCUT2D eigenvalue weighted by atomic mass is 9.95. The van der Waals surface area contributed by atoms with E-state index in [1.165, 1.54) is 30.2 Å². The lowest BCUT2D eigenvalue weighted by molar-refractivity contribution is 0.0949. The predicted molar refractivity (Wildman–Crippen MR) is 112 cm³/mol. The van der Waals surface area contributed by atoms with Crippen LogP contribution in [0.1, 0.15) is 54.0 Å². The van der Waals surface area contributed by atoms with Gasteiger partial charge in [0, 0.05) is 35.8 Å². The molecule has 0 spiro atoms. The minimum absolute atomic E-state index is 0.156. The highest BCUT2D eigenvalue weighted by Gasteiger charge is 2.16. The molecular formula is C22H27N5O. The number of hydrogen-bond acceptors (Lipinski definition) is 4. The lowest BCUT2D eigenvalue weighted by Gasteiger charge is -2.23. The number of rotatable bonds is 6. The molecule has 1 saturated carbocycles. The number of aromatic amines is 1. The molecule has 146 valence electrons. The van der Waals surface area contributed by atoms with E-state index in [2.05, 4.69) is 37.7 Å². The van der Waals surface area contributed by atoms with E-state index in [1.807, 2.05) is 25.3 Å². The normalized spacial score (nSPS) is 14.9. The minimum atomic E-state index is -0.156. The van der Waals surface area contributed by atoms with Crippen molar-refractivity contribution in [2.45, 2.75) is 51.5 Å². The maximum atomic E-state index is 12.6. The summed E-state index contributed by atoms with van der Waals surface area (Å²) < 4.78 is 0. The summed E-state index contributed by atoms with van der Waals surface area (Å²) in [6, 6.07) is 10.4. The number of H-pyrrole nitrogens is 1. The number of nitrogens with one attached hydrogen (secondary N) is 3. The second-order valence-electron chi connectivity index (χ2n) is 7.53. The molecule has 2 heterocycles. The van der Waals surface area contributed by atoms with Gasteiger partial charge in [-0.1, -0.05) is 37.5 Å². The highest BCUT2D eigenvalue weighted by molar-refractivity contribution is 5.93. The zero-order chi connectivity index (χ0) is 19.3. The van der Waals surface area contributed by atoms with Crippen LogP contribution >= 0.6 is 0 Å². The highest BCUT2D eigenvalue weighted by atomic mass is 16.1. The van der Waals surface area contributed by atoms with E-state index in [9.17, 15) is 4.79 Å². The lowest BCUT2D eigenvalue weighted by Crippen LogP contribution is -2.28. The van der Waals surface area contributed by atoms with Crippen LogP contribution in [-0.2, 0) is 6.42 Å². The van der Waals surface area contributed by atoms with Gasteiger partial charge in [0.05, 0.1) is 0 Å². The molecule has 6 heteroatoms. The van der Waals surface area contributed by atoms with E-state index < -0.39 is 0 Å². The molecule has 3 N–H and O–H groups in total. The van der Waals surface area contributed by atoms with Crippen molar-refractivity contribution in [2.75, 3.05) is 11.9 Å². The first-order chi connectivity index (χ1) is 13.7. The van der Waals surface area contributed by atoms with Crippen LogP contribution in [0, 0.1) is 6.92 Å². The van der Waals surface area contributed by atoms with Gasteiger partial charge in [-0.05, 0) is 37.8 Å². The van der Waals surface area contributed by atoms with Crippen molar-refractivity contribution in [3.8, 4) is 0 Å². The molecule has 28 heavy (non-hydrogen) atoms. The van der Waals surface area contributed by atoms with Gasteiger partial charge in [0.1, 0.15) is 17.3 Å². The van der Waals surface area contributed by atoms with E-state index in [0.29, 0.717) is 24.1 Å². The summed E-state index contributed by atoms with van der Waals surface area (Å²) in [6.45, 7) is 2.39. The Hall–Kier alpha value is -2.89. The fraction of sp³-hybridized carbons (Fsp3) is 0.409. The SMILES string of the molecule is Cc1nc(NC2CCCCC2)cc(C(=O)NCCc2c[nH]c3ccccc23)n1. The standard InChI is InChI=1S/C22H27N5O/c1-15-25-20(13-21(26-15)27-17-7-3-2-4-8-17)22(28)23-12-11-16-14-24-19-10-6-5-9-18(16)19/h5-6,9-10,13-14,17,24H,2-4,7-8,11-12H2,1H3,(H,23,28)(H,25,26,27). The van der Waals surface area contributed by atoms with Gasteiger partial charge < -0.3 is 15.6 Å². The Balaban J connectivity index is 1.37. The van der Waals surface area contributed by atoms with Crippen LogP contribution in [0.5, 0.6) is 0 Å². The Morgan fingerprint density at radius 1 is 1.18 bits per heavy atom. The number of aromatic nitrogens is 3. The number of benzene rings is 1. The van der Waals surface area contributed by atoms with Crippen LogP contribution < -0.4 is 10.6 Å². The maximum absolute atomic E-state index is 12.6. The van der Waals surface area contributed by atoms with E-state index in [-0.39, 0.29) is 5.91 Å². The molecular weight excluding hydrogens is 350 g/mol. The van der Waals surface area contributed by atoms with E-state index in [4.69, 9.17) is 0 Å². The van der Waals surface area contributed by atoms with Gasteiger partial charge in [-0.15, -0.1) is 0 Å². The van der Waals surface area contributed by atoms with Crippen LogP contribution in [0.25, 0.3) is 10.9 Å². The van der Waals surface area contributed by atoms with Crippen LogP contribution in [0.4, 0.5) is 5.82 Å². The second kappa shape index (κ2) is 8.42. The number of carbonyl (C=O) groups is 1. The third-order valence-corrected chi connectivity index (χ3v) is 5.38. The zero-order valence-corrected chi connectivity index (χ0v) is 16.3. The second-order valence-corrected chi connectivity index (χ2v) is 7.53. The van der Waals surface area contributed by atoms with Gasteiger partial charge in [-0.25, -0.2) is 9.97 Å². The number of amides is 1. The smallest absolute Gasteiger partial charge is 0.270 e. The topological polar surface area (TPSA) is 82.7 Å².